The monoisotopic (exact) mass is 364 g/mol. The lowest BCUT2D eigenvalue weighted by Crippen LogP contribution is -2.34. The second-order valence-corrected chi connectivity index (χ2v) is 7.38. The minimum atomic E-state index is -3.57. The van der Waals surface area contributed by atoms with Crippen LogP contribution in [0.4, 0.5) is 0 Å². The number of benzene rings is 2. The third-order valence-corrected chi connectivity index (χ3v) is 5.57. The molecule has 4 nitrogen and oxygen atoms in total. The van der Waals surface area contributed by atoms with E-state index < -0.39 is 10.0 Å². The van der Waals surface area contributed by atoms with Crippen LogP contribution in [-0.2, 0) is 10.0 Å². The summed E-state index contributed by atoms with van der Waals surface area (Å²) >= 11 is 3.31. The summed E-state index contributed by atoms with van der Waals surface area (Å²) in [5.74, 6) is 0.513. The fourth-order valence-electron chi connectivity index (χ4n) is 2.22. The molecule has 1 heterocycles. The van der Waals surface area contributed by atoms with Crippen LogP contribution in [0.5, 0.6) is 0 Å². The molecule has 0 fully saturated rings. The highest BCUT2D eigenvalue weighted by Crippen LogP contribution is 2.23. The van der Waals surface area contributed by atoms with E-state index in [1.165, 1.54) is 4.31 Å². The molecule has 0 aromatic heterocycles. The Kier molecular flexibility index (Phi) is 3.82. The van der Waals surface area contributed by atoms with Crippen molar-refractivity contribution in [3.05, 3.63) is 64.6 Å². The SMILES string of the molecule is O=S(=O)(c1ccc(Br)cc1)N1CCN=C1c1ccccc1. The summed E-state index contributed by atoms with van der Waals surface area (Å²) in [7, 11) is -3.57. The van der Waals surface area contributed by atoms with Crippen LogP contribution in [0.3, 0.4) is 0 Å². The van der Waals surface area contributed by atoms with Crippen molar-refractivity contribution < 1.29 is 8.42 Å². The summed E-state index contributed by atoms with van der Waals surface area (Å²) in [5, 5.41) is 0. The van der Waals surface area contributed by atoms with Gasteiger partial charge in [0.25, 0.3) is 10.0 Å². The zero-order chi connectivity index (χ0) is 14.9. The average Bonchev–Trinajstić information content (AvgIpc) is 2.99. The van der Waals surface area contributed by atoms with E-state index in [0.29, 0.717) is 18.9 Å². The quantitative estimate of drug-likeness (QED) is 0.840. The van der Waals surface area contributed by atoms with Crippen LogP contribution >= 0.6 is 15.9 Å². The molecular formula is C15H13BrN2O2S. The first-order valence-electron chi connectivity index (χ1n) is 6.47. The predicted molar refractivity (Wildman–Crippen MR) is 85.9 cm³/mol. The molecule has 6 heteroatoms. The van der Waals surface area contributed by atoms with Crippen molar-refractivity contribution in [3.8, 4) is 0 Å². The maximum absolute atomic E-state index is 12.8. The lowest BCUT2D eigenvalue weighted by molar-refractivity contribution is 0.538. The third kappa shape index (κ3) is 2.73. The second kappa shape index (κ2) is 5.61. The van der Waals surface area contributed by atoms with Gasteiger partial charge in [-0.05, 0) is 24.3 Å². The fraction of sp³-hybridized carbons (Fsp3) is 0.133. The van der Waals surface area contributed by atoms with Crippen molar-refractivity contribution in [1.29, 1.82) is 0 Å². The van der Waals surface area contributed by atoms with E-state index in [0.717, 1.165) is 10.0 Å². The van der Waals surface area contributed by atoms with Crippen LogP contribution in [0.2, 0.25) is 0 Å². The Bertz CT molecular complexity index is 771. The number of nitrogens with zero attached hydrogens (tertiary/aromatic N) is 2. The predicted octanol–water partition coefficient (Wildman–Crippen LogP) is 2.90. The molecule has 0 bridgehead atoms. The van der Waals surface area contributed by atoms with E-state index in [1.807, 2.05) is 30.3 Å². The van der Waals surface area contributed by atoms with Gasteiger partial charge in [0.05, 0.1) is 18.0 Å². The first-order chi connectivity index (χ1) is 10.1. The summed E-state index contributed by atoms with van der Waals surface area (Å²) in [6.07, 6.45) is 0. The second-order valence-electron chi connectivity index (χ2n) is 4.60. The molecule has 3 rings (SSSR count). The Morgan fingerprint density at radius 3 is 2.33 bits per heavy atom. The zero-order valence-electron chi connectivity index (χ0n) is 11.1. The van der Waals surface area contributed by atoms with Gasteiger partial charge in [-0.1, -0.05) is 46.3 Å². The first kappa shape index (κ1) is 14.3. The highest BCUT2D eigenvalue weighted by molar-refractivity contribution is 9.10. The maximum atomic E-state index is 12.8. The number of hydrogen-bond donors (Lipinski definition) is 0. The molecule has 1 aliphatic rings. The summed E-state index contributed by atoms with van der Waals surface area (Å²) in [6.45, 7) is 0.864. The van der Waals surface area contributed by atoms with Gasteiger partial charge in [-0.3, -0.25) is 4.99 Å². The van der Waals surface area contributed by atoms with E-state index in [4.69, 9.17) is 0 Å². The molecule has 0 radical (unpaired) electrons. The summed E-state index contributed by atoms with van der Waals surface area (Å²) < 4.78 is 27.7. The normalized spacial score (nSPS) is 15.1. The number of halogens is 1. The fourth-order valence-corrected chi connectivity index (χ4v) is 3.93. The van der Waals surface area contributed by atoms with Gasteiger partial charge in [0, 0.05) is 10.0 Å². The molecule has 0 spiro atoms. The standard InChI is InChI=1S/C15H13BrN2O2S/c16-13-6-8-14(9-7-13)21(19,20)18-11-10-17-15(18)12-4-2-1-3-5-12/h1-9H,10-11H2. The molecule has 0 saturated carbocycles. The molecule has 2 aromatic carbocycles. The van der Waals surface area contributed by atoms with Gasteiger partial charge in [0.1, 0.15) is 5.84 Å². The van der Waals surface area contributed by atoms with E-state index >= 15 is 0 Å². The van der Waals surface area contributed by atoms with Crippen LogP contribution in [-0.4, -0.2) is 31.6 Å². The molecule has 0 unspecified atom stereocenters. The average molecular weight is 365 g/mol. The molecule has 2 aromatic rings. The van der Waals surface area contributed by atoms with Gasteiger partial charge < -0.3 is 0 Å². The van der Waals surface area contributed by atoms with Crippen molar-refractivity contribution >= 4 is 31.8 Å². The minimum absolute atomic E-state index is 0.274. The maximum Gasteiger partial charge on any atom is 0.265 e. The van der Waals surface area contributed by atoms with Gasteiger partial charge in [-0.25, -0.2) is 12.7 Å². The number of aliphatic imine (C=N–C) groups is 1. The largest absolute Gasteiger partial charge is 0.265 e. The molecule has 0 saturated heterocycles. The Hall–Kier alpha value is -1.66. The van der Waals surface area contributed by atoms with Gasteiger partial charge in [0.15, 0.2) is 0 Å². The highest BCUT2D eigenvalue weighted by Gasteiger charge is 2.31. The number of amidine groups is 1. The summed E-state index contributed by atoms with van der Waals surface area (Å²) in [5.41, 5.74) is 0.815. The first-order valence-corrected chi connectivity index (χ1v) is 8.70. The van der Waals surface area contributed by atoms with Crippen LogP contribution in [0.15, 0.2) is 69.0 Å². The van der Waals surface area contributed by atoms with Gasteiger partial charge in [-0.2, -0.15) is 0 Å². The lowest BCUT2D eigenvalue weighted by atomic mass is 10.2. The molecular weight excluding hydrogens is 352 g/mol. The van der Waals surface area contributed by atoms with Crippen molar-refractivity contribution in [2.75, 3.05) is 13.1 Å². The van der Waals surface area contributed by atoms with Crippen LogP contribution in [0.1, 0.15) is 5.56 Å². The van der Waals surface area contributed by atoms with Crippen LogP contribution in [0.25, 0.3) is 0 Å². The van der Waals surface area contributed by atoms with Crippen molar-refractivity contribution in [1.82, 2.24) is 4.31 Å². The van der Waals surface area contributed by atoms with E-state index in [-0.39, 0.29) is 4.90 Å². The molecule has 0 aliphatic carbocycles. The Balaban J connectivity index is 1.99. The summed E-state index contributed by atoms with van der Waals surface area (Å²) in [6, 6.07) is 16.0. The third-order valence-electron chi connectivity index (χ3n) is 3.23. The molecule has 1 aliphatic heterocycles. The van der Waals surface area contributed by atoms with E-state index in [9.17, 15) is 8.42 Å². The Labute approximate surface area is 132 Å². The molecule has 0 atom stereocenters. The van der Waals surface area contributed by atoms with Crippen LogP contribution in [0, 0.1) is 0 Å². The van der Waals surface area contributed by atoms with Gasteiger partial charge in [-0.15, -0.1) is 0 Å². The lowest BCUT2D eigenvalue weighted by Gasteiger charge is -2.20. The van der Waals surface area contributed by atoms with Crippen molar-refractivity contribution in [2.24, 2.45) is 4.99 Å². The number of rotatable bonds is 3. The van der Waals surface area contributed by atoms with Crippen molar-refractivity contribution in [2.45, 2.75) is 4.90 Å². The zero-order valence-corrected chi connectivity index (χ0v) is 13.5. The highest BCUT2D eigenvalue weighted by atomic mass is 79.9. The smallest absolute Gasteiger partial charge is 0.265 e. The van der Waals surface area contributed by atoms with Gasteiger partial charge in [0.2, 0.25) is 0 Å². The Morgan fingerprint density at radius 2 is 1.67 bits per heavy atom. The summed E-state index contributed by atoms with van der Waals surface area (Å²) in [4.78, 5) is 4.63. The molecule has 0 N–H and O–H groups in total. The number of sulfonamides is 1. The molecule has 108 valence electrons. The molecule has 21 heavy (non-hydrogen) atoms. The number of hydrogen-bond acceptors (Lipinski definition) is 3. The van der Waals surface area contributed by atoms with Crippen LogP contribution < -0.4 is 0 Å². The van der Waals surface area contributed by atoms with Crippen molar-refractivity contribution in [3.63, 3.8) is 0 Å². The molecule has 0 amide bonds. The Morgan fingerprint density at radius 1 is 1.00 bits per heavy atom. The van der Waals surface area contributed by atoms with E-state index in [2.05, 4.69) is 20.9 Å². The topological polar surface area (TPSA) is 49.7 Å². The minimum Gasteiger partial charge on any atom is -0.265 e. The van der Waals surface area contributed by atoms with Gasteiger partial charge >= 0.3 is 0 Å². The van der Waals surface area contributed by atoms with E-state index in [1.54, 1.807) is 24.3 Å².